The van der Waals surface area contributed by atoms with Crippen LogP contribution in [0.15, 0.2) is 12.5 Å². The monoisotopic (exact) mass is 197 g/mol. The smallest absolute Gasteiger partial charge is 0.0922 e. The fourth-order valence-corrected chi connectivity index (χ4v) is 2.64. The number of hydrogen-bond acceptors (Lipinski definition) is 3. The number of hydrogen-bond donors (Lipinski definition) is 2. The van der Waals surface area contributed by atoms with Crippen molar-refractivity contribution in [2.24, 2.45) is 0 Å². The molecule has 0 amide bonds. The van der Waals surface area contributed by atoms with E-state index in [0.717, 1.165) is 6.54 Å². The normalized spacial score (nSPS) is 23.2. The number of imidazole rings is 1. The van der Waals surface area contributed by atoms with Crippen LogP contribution in [0.2, 0.25) is 0 Å². The molecule has 72 valence electrons. The summed E-state index contributed by atoms with van der Waals surface area (Å²) >= 11 is 2.05. The first kappa shape index (κ1) is 9.09. The summed E-state index contributed by atoms with van der Waals surface area (Å²) in [5, 5.41) is 3.53. The number of nitrogens with one attached hydrogen (secondary N) is 2. The molecule has 1 atom stereocenters. The maximum absolute atomic E-state index is 3.99. The van der Waals surface area contributed by atoms with Crippen LogP contribution in [0.25, 0.3) is 0 Å². The quantitative estimate of drug-likeness (QED) is 0.769. The fourth-order valence-electron chi connectivity index (χ4n) is 1.54. The van der Waals surface area contributed by atoms with Gasteiger partial charge in [-0.2, -0.15) is 11.8 Å². The van der Waals surface area contributed by atoms with Gasteiger partial charge in [0.1, 0.15) is 0 Å². The maximum atomic E-state index is 3.99. The highest BCUT2D eigenvalue weighted by molar-refractivity contribution is 7.99. The van der Waals surface area contributed by atoms with E-state index in [1.54, 1.807) is 6.33 Å². The Hall–Kier alpha value is -0.480. The lowest BCUT2D eigenvalue weighted by molar-refractivity contribution is 0.504. The Morgan fingerprint density at radius 2 is 2.69 bits per heavy atom. The molecule has 2 rings (SSSR count). The number of thioether (sulfide) groups is 1. The number of aromatic nitrogens is 2. The van der Waals surface area contributed by atoms with Gasteiger partial charge in [-0.1, -0.05) is 0 Å². The number of nitrogens with zero attached hydrogens (tertiary/aromatic N) is 1. The second-order valence-electron chi connectivity index (χ2n) is 3.37. The third-order valence-electron chi connectivity index (χ3n) is 2.30. The zero-order valence-electron chi connectivity index (χ0n) is 7.62. The van der Waals surface area contributed by atoms with E-state index in [1.807, 2.05) is 6.20 Å². The molecule has 2 N–H and O–H groups in total. The fraction of sp³-hybridized carbons (Fsp3) is 0.667. The first-order chi connectivity index (χ1) is 6.45. The van der Waals surface area contributed by atoms with Gasteiger partial charge < -0.3 is 10.3 Å². The molecule has 3 nitrogen and oxygen atoms in total. The minimum atomic E-state index is 0.696. The predicted octanol–water partition coefficient (Wildman–Crippen LogP) is 1.39. The number of rotatable bonds is 3. The van der Waals surface area contributed by atoms with Gasteiger partial charge in [0, 0.05) is 30.2 Å². The van der Waals surface area contributed by atoms with E-state index in [0.29, 0.717) is 6.04 Å². The Morgan fingerprint density at radius 1 is 1.69 bits per heavy atom. The van der Waals surface area contributed by atoms with Crippen LogP contribution in [0.4, 0.5) is 0 Å². The lowest BCUT2D eigenvalue weighted by Crippen LogP contribution is -2.33. The molecule has 1 aromatic heterocycles. The lowest BCUT2D eigenvalue weighted by atomic mass is 10.2. The van der Waals surface area contributed by atoms with Crippen molar-refractivity contribution in [3.63, 3.8) is 0 Å². The van der Waals surface area contributed by atoms with Crippen molar-refractivity contribution in [1.82, 2.24) is 15.3 Å². The van der Waals surface area contributed by atoms with E-state index in [9.17, 15) is 0 Å². The zero-order valence-corrected chi connectivity index (χ0v) is 8.44. The van der Waals surface area contributed by atoms with Crippen molar-refractivity contribution in [3.8, 4) is 0 Å². The van der Waals surface area contributed by atoms with Crippen molar-refractivity contribution >= 4 is 11.8 Å². The van der Waals surface area contributed by atoms with Gasteiger partial charge in [-0.3, -0.25) is 0 Å². The highest BCUT2D eigenvalue weighted by atomic mass is 32.2. The largest absolute Gasteiger partial charge is 0.347 e. The molecule has 0 spiro atoms. The molecule has 1 fully saturated rings. The van der Waals surface area contributed by atoms with Crippen molar-refractivity contribution in [2.75, 3.05) is 11.5 Å². The van der Waals surface area contributed by atoms with Gasteiger partial charge in [0.05, 0.1) is 6.33 Å². The van der Waals surface area contributed by atoms with Gasteiger partial charge in [-0.15, -0.1) is 0 Å². The first-order valence-corrected chi connectivity index (χ1v) is 5.89. The molecule has 13 heavy (non-hydrogen) atoms. The highest BCUT2D eigenvalue weighted by Crippen LogP contribution is 2.16. The van der Waals surface area contributed by atoms with Gasteiger partial charge in [0.15, 0.2) is 0 Å². The Morgan fingerprint density at radius 3 is 3.38 bits per heavy atom. The molecule has 1 unspecified atom stereocenters. The summed E-state index contributed by atoms with van der Waals surface area (Å²) in [7, 11) is 0. The minimum Gasteiger partial charge on any atom is -0.347 e. The average Bonchev–Trinajstić information content (AvgIpc) is 2.69. The van der Waals surface area contributed by atoms with Crippen LogP contribution in [0, 0.1) is 0 Å². The number of aromatic amines is 1. The van der Waals surface area contributed by atoms with Crippen molar-refractivity contribution in [2.45, 2.75) is 25.4 Å². The van der Waals surface area contributed by atoms with E-state index in [-0.39, 0.29) is 0 Å². The summed E-state index contributed by atoms with van der Waals surface area (Å²) in [6.07, 6.45) is 6.28. The topological polar surface area (TPSA) is 40.7 Å². The molecule has 0 radical (unpaired) electrons. The molecule has 1 aliphatic heterocycles. The van der Waals surface area contributed by atoms with Crippen LogP contribution in [0.3, 0.4) is 0 Å². The van der Waals surface area contributed by atoms with E-state index >= 15 is 0 Å². The van der Waals surface area contributed by atoms with Crippen LogP contribution in [0.1, 0.15) is 18.5 Å². The summed E-state index contributed by atoms with van der Waals surface area (Å²) in [5.41, 5.74) is 1.18. The predicted molar refractivity (Wildman–Crippen MR) is 55.8 cm³/mol. The van der Waals surface area contributed by atoms with Gasteiger partial charge >= 0.3 is 0 Å². The van der Waals surface area contributed by atoms with Crippen LogP contribution in [0.5, 0.6) is 0 Å². The molecule has 0 saturated carbocycles. The third-order valence-corrected chi connectivity index (χ3v) is 3.51. The first-order valence-electron chi connectivity index (χ1n) is 4.73. The van der Waals surface area contributed by atoms with Crippen molar-refractivity contribution in [1.29, 1.82) is 0 Å². The maximum Gasteiger partial charge on any atom is 0.0922 e. The van der Waals surface area contributed by atoms with Gasteiger partial charge in [-0.25, -0.2) is 4.98 Å². The SMILES string of the molecule is c1ncc(CNC2CCCSC2)[nH]1. The Kier molecular flexibility index (Phi) is 3.27. The minimum absolute atomic E-state index is 0.696. The molecule has 4 heteroatoms. The van der Waals surface area contributed by atoms with E-state index < -0.39 is 0 Å². The molecule has 1 saturated heterocycles. The summed E-state index contributed by atoms with van der Waals surface area (Å²) in [4.78, 5) is 7.08. The Labute approximate surface area is 82.7 Å². The number of H-pyrrole nitrogens is 1. The molecule has 0 bridgehead atoms. The summed E-state index contributed by atoms with van der Waals surface area (Å²) < 4.78 is 0. The van der Waals surface area contributed by atoms with Crippen LogP contribution >= 0.6 is 11.8 Å². The Bertz CT molecular complexity index is 229. The Balaban J connectivity index is 1.72. The molecule has 0 aliphatic carbocycles. The molecular weight excluding hydrogens is 182 g/mol. The van der Waals surface area contributed by atoms with Crippen LogP contribution in [-0.2, 0) is 6.54 Å². The van der Waals surface area contributed by atoms with E-state index in [2.05, 4.69) is 27.0 Å². The molecule has 0 aromatic carbocycles. The molecular formula is C9H15N3S. The van der Waals surface area contributed by atoms with Crippen LogP contribution < -0.4 is 5.32 Å². The zero-order chi connectivity index (χ0) is 8.93. The van der Waals surface area contributed by atoms with Gasteiger partial charge in [0.25, 0.3) is 0 Å². The lowest BCUT2D eigenvalue weighted by Gasteiger charge is -2.22. The third kappa shape index (κ3) is 2.74. The van der Waals surface area contributed by atoms with Gasteiger partial charge in [-0.05, 0) is 18.6 Å². The summed E-state index contributed by atoms with van der Waals surface area (Å²) in [5.74, 6) is 2.59. The standard InChI is InChI=1S/C9H15N3S/c1-2-8(6-13-3-1)11-5-9-4-10-7-12-9/h4,7-8,11H,1-3,5-6H2,(H,10,12). The van der Waals surface area contributed by atoms with Crippen molar-refractivity contribution < 1.29 is 0 Å². The summed E-state index contributed by atoms with van der Waals surface area (Å²) in [6.45, 7) is 0.922. The van der Waals surface area contributed by atoms with E-state index in [4.69, 9.17) is 0 Å². The second-order valence-corrected chi connectivity index (χ2v) is 4.52. The molecule has 2 heterocycles. The summed E-state index contributed by atoms with van der Waals surface area (Å²) in [6, 6.07) is 0.696. The van der Waals surface area contributed by atoms with Crippen LogP contribution in [-0.4, -0.2) is 27.5 Å². The van der Waals surface area contributed by atoms with Gasteiger partial charge in [0.2, 0.25) is 0 Å². The average molecular weight is 197 g/mol. The van der Waals surface area contributed by atoms with E-state index in [1.165, 1.54) is 30.0 Å². The second kappa shape index (κ2) is 4.67. The molecule has 1 aliphatic rings. The highest BCUT2D eigenvalue weighted by Gasteiger charge is 2.12. The molecule has 1 aromatic rings. The van der Waals surface area contributed by atoms with Crippen molar-refractivity contribution in [3.05, 3.63) is 18.2 Å².